The molecular formula is C42H52Br2Cl3F9N8O6. The van der Waals surface area contributed by atoms with Gasteiger partial charge in [-0.15, -0.1) is 76.7 Å². The van der Waals surface area contributed by atoms with Gasteiger partial charge in [0.1, 0.15) is 5.75 Å². The minimum Gasteiger partial charge on any atom is -0.495 e. The quantitative estimate of drug-likeness (QED) is 0.0978. The molecule has 0 radical (unpaired) electrons. The molecule has 2 aliphatic rings. The van der Waals surface area contributed by atoms with Crippen LogP contribution in [0.2, 0.25) is 0 Å². The summed E-state index contributed by atoms with van der Waals surface area (Å²) < 4.78 is 126. The predicted octanol–water partition coefficient (Wildman–Crippen LogP) is 10.8. The number of alkyl halides is 9. The molecule has 4 aromatic carbocycles. The number of nitrogens with two attached hydrogens (primary N) is 2. The first kappa shape index (κ1) is 65.3. The number of carbonyl (C=O) groups excluding carboxylic acids is 2. The fraction of sp³-hybridized carbons (Fsp3) is 0.381. The van der Waals surface area contributed by atoms with Crippen LogP contribution in [0.5, 0.6) is 23.0 Å². The number of piperazine rings is 2. The summed E-state index contributed by atoms with van der Waals surface area (Å²) in [5.74, 6) is -1.45. The number of nitrogens with one attached hydrogen (secondary N) is 2. The molecule has 0 aromatic heterocycles. The Labute approximate surface area is 433 Å². The molecule has 28 heteroatoms. The zero-order chi connectivity index (χ0) is 50.3. The zero-order valence-corrected chi connectivity index (χ0v) is 43.5. The molecule has 2 fully saturated rings. The maximum absolute atomic E-state index is 12.4. The molecule has 0 atom stereocenters. The van der Waals surface area contributed by atoms with Gasteiger partial charge in [0.15, 0.2) is 17.2 Å². The van der Waals surface area contributed by atoms with Crippen LogP contribution >= 0.6 is 69.1 Å². The van der Waals surface area contributed by atoms with Gasteiger partial charge in [-0.25, -0.2) is 0 Å². The minimum atomic E-state index is -4.80. The van der Waals surface area contributed by atoms with Crippen LogP contribution in [0.15, 0.2) is 81.7 Å². The third kappa shape index (κ3) is 24.4. The monoisotopic (exact) mass is 1200 g/mol. The van der Waals surface area contributed by atoms with Crippen LogP contribution in [0.1, 0.15) is 13.8 Å². The Morgan fingerprint density at radius 1 is 0.514 bits per heavy atom. The molecule has 2 saturated heterocycles. The summed E-state index contributed by atoms with van der Waals surface area (Å²) in [4.78, 5) is 30.9. The van der Waals surface area contributed by atoms with Crippen molar-refractivity contribution in [1.29, 1.82) is 0 Å². The number of nitrogens with zero attached hydrogens (tertiary/aromatic N) is 4. The van der Waals surface area contributed by atoms with E-state index < -0.39 is 48.1 Å². The van der Waals surface area contributed by atoms with Crippen LogP contribution < -0.4 is 50.8 Å². The molecule has 6 rings (SSSR count). The first-order valence-corrected chi connectivity index (χ1v) is 21.3. The van der Waals surface area contributed by atoms with E-state index in [0.29, 0.717) is 14.6 Å². The van der Waals surface area contributed by atoms with E-state index in [1.807, 2.05) is 19.2 Å². The van der Waals surface area contributed by atoms with Crippen LogP contribution in [0.25, 0.3) is 0 Å². The molecule has 0 bridgehead atoms. The van der Waals surface area contributed by atoms with Gasteiger partial charge < -0.3 is 60.6 Å². The second-order valence-corrected chi connectivity index (χ2v) is 16.3. The first-order valence-electron chi connectivity index (χ1n) is 19.7. The van der Waals surface area contributed by atoms with Gasteiger partial charge in [0, 0.05) is 86.5 Å². The fourth-order valence-corrected chi connectivity index (χ4v) is 6.74. The number of methoxy groups -OCH3 is 1. The maximum Gasteiger partial charge on any atom is 0.573 e. The summed E-state index contributed by atoms with van der Waals surface area (Å²) in [5.41, 5.74) is 13.7. The Balaban J connectivity index is 0.000000910. The van der Waals surface area contributed by atoms with Gasteiger partial charge in [0.25, 0.3) is 0 Å². The SMILES string of the molecule is CC(=O)Nc1cc(Br)ccc1OC(F)(F)F.CC(=O)Nc1cc(N2CCN(C)CC2)ccc1OC(F)(F)F.COc1ccc(N2CCN(C)CC2)cc1N.Cl.Cl.Cl.Nc1cc(Br)ccc1OC(F)(F)F. The molecular weight excluding hydrogens is 1150 g/mol. The number of halogens is 14. The molecule has 4 aromatic rings. The minimum absolute atomic E-state index is 0. The normalized spacial score (nSPS) is 13.8. The average molecular weight is 1200 g/mol. The van der Waals surface area contributed by atoms with E-state index in [0.717, 1.165) is 75.9 Å². The van der Waals surface area contributed by atoms with E-state index >= 15 is 0 Å². The lowest BCUT2D eigenvalue weighted by atomic mass is 10.2. The number of ether oxygens (including phenoxy) is 4. The van der Waals surface area contributed by atoms with Gasteiger partial charge in [-0.2, -0.15) is 0 Å². The van der Waals surface area contributed by atoms with Crippen molar-refractivity contribution in [2.45, 2.75) is 32.9 Å². The second-order valence-electron chi connectivity index (χ2n) is 14.5. The lowest BCUT2D eigenvalue weighted by molar-refractivity contribution is -0.275. The van der Waals surface area contributed by atoms with Crippen molar-refractivity contribution in [2.24, 2.45) is 0 Å². The molecule has 0 unspecified atom stereocenters. The highest BCUT2D eigenvalue weighted by atomic mass is 79.9. The molecule has 2 amide bonds. The predicted molar refractivity (Wildman–Crippen MR) is 266 cm³/mol. The number of nitrogen functional groups attached to an aromatic ring is 2. The number of carbonyl (C=O) groups is 2. The summed E-state index contributed by atoms with van der Waals surface area (Å²) in [6.45, 7) is 10.0. The number of anilines is 6. The van der Waals surface area contributed by atoms with Gasteiger partial charge in [-0.3, -0.25) is 9.59 Å². The van der Waals surface area contributed by atoms with Crippen molar-refractivity contribution in [3.8, 4) is 23.0 Å². The summed E-state index contributed by atoms with van der Waals surface area (Å²) in [7, 11) is 5.81. The number of amides is 2. The highest BCUT2D eigenvalue weighted by molar-refractivity contribution is 9.10. The number of hydrogen-bond donors (Lipinski definition) is 4. The van der Waals surface area contributed by atoms with Crippen molar-refractivity contribution in [3.63, 3.8) is 0 Å². The summed E-state index contributed by atoms with van der Waals surface area (Å²) >= 11 is 6.14. The standard InChI is InChI=1S/C14H18F3N3O2.C12H19N3O.C9H7BrF3NO2.C7H5BrF3NO.3ClH/c1-10(21)18-12-9-11(20-7-5-19(2)6-8-20)3-4-13(12)22-14(15,16)17;1-14-5-7-15(8-6-14)10-3-4-12(16-2)11(13)9-10;1-5(15)14-7-4-6(10)2-3-8(7)16-9(11,12)13;8-4-1-2-6(5(12)3-4)13-7(9,10)11;;;/h3-4,9H,5-8H2,1-2H3,(H,18,21);3-4,9H,5-8,13H2,1-2H3;2-4H,1H3,(H,14,15);1-3H,12H2;3*1H. The zero-order valence-electron chi connectivity index (χ0n) is 37.9. The number of hydrogen-bond acceptors (Lipinski definition) is 12. The lowest BCUT2D eigenvalue weighted by Gasteiger charge is -2.34. The highest BCUT2D eigenvalue weighted by Gasteiger charge is 2.34. The maximum atomic E-state index is 12.4. The molecule has 6 N–H and O–H groups in total. The van der Waals surface area contributed by atoms with Crippen molar-refractivity contribution in [2.75, 3.05) is 105 Å². The van der Waals surface area contributed by atoms with E-state index in [9.17, 15) is 49.1 Å². The van der Waals surface area contributed by atoms with Crippen LogP contribution in [0.3, 0.4) is 0 Å². The largest absolute Gasteiger partial charge is 0.573 e. The lowest BCUT2D eigenvalue weighted by Crippen LogP contribution is -2.44. The molecule has 14 nitrogen and oxygen atoms in total. The van der Waals surface area contributed by atoms with Crippen LogP contribution in [0, 0.1) is 0 Å². The van der Waals surface area contributed by atoms with Gasteiger partial charge >= 0.3 is 19.1 Å². The average Bonchev–Trinajstić information content (AvgIpc) is 3.20. The van der Waals surface area contributed by atoms with E-state index in [-0.39, 0.29) is 54.3 Å². The Morgan fingerprint density at radius 3 is 1.21 bits per heavy atom. The van der Waals surface area contributed by atoms with Crippen LogP contribution in [-0.2, 0) is 9.59 Å². The Hall–Kier alpha value is -4.66. The highest BCUT2D eigenvalue weighted by Crippen LogP contribution is 2.36. The van der Waals surface area contributed by atoms with E-state index in [1.54, 1.807) is 13.2 Å². The Morgan fingerprint density at radius 2 is 0.843 bits per heavy atom. The van der Waals surface area contributed by atoms with Gasteiger partial charge in [-0.1, -0.05) is 31.9 Å². The molecule has 0 spiro atoms. The third-order valence-electron chi connectivity index (χ3n) is 9.13. The van der Waals surface area contributed by atoms with Gasteiger partial charge in [-0.05, 0) is 86.9 Å². The van der Waals surface area contributed by atoms with E-state index in [4.69, 9.17) is 16.2 Å². The van der Waals surface area contributed by atoms with Gasteiger partial charge in [0.2, 0.25) is 11.8 Å². The fourth-order valence-electron chi connectivity index (χ4n) is 6.00. The van der Waals surface area contributed by atoms with Crippen molar-refractivity contribution in [1.82, 2.24) is 9.80 Å². The number of likely N-dealkylation sites (N-methyl/N-ethyl adjacent to an activating group) is 2. The molecule has 2 heterocycles. The Kier molecular flexibility index (Phi) is 27.7. The summed E-state index contributed by atoms with van der Waals surface area (Å²) in [5, 5.41) is 4.63. The molecule has 2 aliphatic heterocycles. The third-order valence-corrected chi connectivity index (χ3v) is 10.1. The first-order chi connectivity index (χ1) is 31.1. The second kappa shape index (κ2) is 29.6. The topological polar surface area (TPSA) is 160 Å². The van der Waals surface area contributed by atoms with Crippen molar-refractivity contribution < 1.29 is 68.1 Å². The van der Waals surface area contributed by atoms with Crippen molar-refractivity contribution >= 4 is 115 Å². The van der Waals surface area contributed by atoms with E-state index in [2.05, 4.69) is 89.4 Å². The molecule has 394 valence electrons. The summed E-state index contributed by atoms with van der Waals surface area (Å²) in [6.07, 6.45) is -14.3. The van der Waals surface area contributed by atoms with E-state index in [1.165, 1.54) is 55.9 Å². The molecule has 70 heavy (non-hydrogen) atoms. The van der Waals surface area contributed by atoms with Crippen LogP contribution in [-0.4, -0.2) is 114 Å². The van der Waals surface area contributed by atoms with Crippen molar-refractivity contribution in [3.05, 3.63) is 81.7 Å². The smallest absolute Gasteiger partial charge is 0.495 e. The summed E-state index contributed by atoms with van der Waals surface area (Å²) in [6, 6.07) is 18.0. The van der Waals surface area contributed by atoms with Gasteiger partial charge in [0.05, 0.1) is 29.9 Å². The number of rotatable bonds is 8. The van der Waals surface area contributed by atoms with Crippen LogP contribution in [0.4, 0.5) is 73.6 Å². The molecule has 0 saturated carbocycles. The number of benzene rings is 4. The molecule has 0 aliphatic carbocycles. The Bertz CT molecular complexity index is 2260.